The van der Waals surface area contributed by atoms with Crippen LogP contribution in [0.25, 0.3) is 0 Å². The highest BCUT2D eigenvalue weighted by atomic mass is 19.1. The number of carbonyl (C=O) groups excluding carboxylic acids is 2. The van der Waals surface area contributed by atoms with Gasteiger partial charge in [-0.1, -0.05) is 48.5 Å². The van der Waals surface area contributed by atoms with Gasteiger partial charge in [-0.3, -0.25) is 14.6 Å². The molecule has 0 saturated carbocycles. The summed E-state index contributed by atoms with van der Waals surface area (Å²) in [6.45, 7) is 0. The largest absolute Gasteiger partial charge is 0.469 e. The van der Waals surface area contributed by atoms with Crippen molar-refractivity contribution in [2.24, 2.45) is 4.99 Å². The first kappa shape index (κ1) is 20.5. The summed E-state index contributed by atoms with van der Waals surface area (Å²) < 4.78 is 18.4. The molecule has 1 amide bonds. The number of esters is 1. The molecular weight excluding hydrogens is 395 g/mol. The number of aryl methyl sites for hydroxylation is 1. The van der Waals surface area contributed by atoms with Gasteiger partial charge >= 0.3 is 5.97 Å². The first-order valence-electron chi connectivity index (χ1n) is 9.95. The maximum atomic E-state index is 13.7. The second kappa shape index (κ2) is 8.92. The van der Waals surface area contributed by atoms with E-state index >= 15 is 0 Å². The number of anilines is 1. The molecule has 1 heterocycles. The van der Waals surface area contributed by atoms with Gasteiger partial charge in [-0.15, -0.1) is 0 Å². The zero-order valence-corrected chi connectivity index (χ0v) is 17.0. The summed E-state index contributed by atoms with van der Waals surface area (Å²) in [6.07, 6.45) is 0.856. The fourth-order valence-electron chi connectivity index (χ4n) is 3.63. The Morgan fingerprint density at radius 3 is 2.52 bits per heavy atom. The van der Waals surface area contributed by atoms with Gasteiger partial charge in [0.2, 0.25) is 5.91 Å². The number of ether oxygens (including phenoxy) is 1. The molecule has 3 aromatic carbocycles. The predicted octanol–water partition coefficient (Wildman–Crippen LogP) is 4.79. The van der Waals surface area contributed by atoms with Crippen molar-refractivity contribution < 1.29 is 18.7 Å². The van der Waals surface area contributed by atoms with Crippen LogP contribution in [0.3, 0.4) is 0 Å². The Kier molecular flexibility index (Phi) is 5.89. The number of methoxy groups -OCH3 is 1. The minimum Gasteiger partial charge on any atom is -0.469 e. The number of fused-ring (bicyclic) bond motifs is 1. The van der Waals surface area contributed by atoms with Crippen LogP contribution in [0, 0.1) is 5.82 Å². The lowest BCUT2D eigenvalue weighted by molar-refractivity contribution is -0.140. The number of hydrogen-bond acceptors (Lipinski definition) is 4. The first-order chi connectivity index (χ1) is 15.0. The molecule has 0 aromatic heterocycles. The molecule has 0 radical (unpaired) electrons. The predicted molar refractivity (Wildman–Crippen MR) is 117 cm³/mol. The standard InChI is InChI=1S/C25H21FN2O3/c1-31-22(29)14-9-16-7-10-17(11-8-16)24(27-19-5-3-2-4-6-19)23-20-13-12-18(26)15-21(20)28-25(23)30/h2-8,10-13,15,23H,9,14H2,1H3,(H,28,30). The Bertz CT molecular complexity index is 1140. The van der Waals surface area contributed by atoms with E-state index in [9.17, 15) is 14.0 Å². The second-order valence-corrected chi connectivity index (χ2v) is 7.26. The lowest BCUT2D eigenvalue weighted by Gasteiger charge is -2.14. The molecule has 156 valence electrons. The molecule has 3 aromatic rings. The number of aliphatic imine (C=N–C) groups is 1. The molecule has 5 nitrogen and oxygen atoms in total. The number of rotatable bonds is 6. The van der Waals surface area contributed by atoms with Gasteiger partial charge in [0.05, 0.1) is 18.5 Å². The number of nitrogens with one attached hydrogen (secondary N) is 1. The van der Waals surface area contributed by atoms with Crippen molar-refractivity contribution in [3.05, 3.63) is 95.3 Å². The highest BCUT2D eigenvalue weighted by Crippen LogP contribution is 2.36. The molecule has 1 unspecified atom stereocenters. The van der Waals surface area contributed by atoms with Gasteiger partial charge in [0, 0.05) is 12.1 Å². The topological polar surface area (TPSA) is 67.8 Å². The molecular formula is C25H21FN2O3. The van der Waals surface area contributed by atoms with E-state index in [0.29, 0.717) is 29.8 Å². The van der Waals surface area contributed by atoms with Gasteiger partial charge in [0.25, 0.3) is 0 Å². The first-order valence-corrected chi connectivity index (χ1v) is 9.95. The van der Waals surface area contributed by atoms with E-state index < -0.39 is 11.7 Å². The summed E-state index contributed by atoms with van der Waals surface area (Å²) in [5, 5.41) is 2.76. The van der Waals surface area contributed by atoms with Crippen LogP contribution in [0.5, 0.6) is 0 Å². The molecule has 1 atom stereocenters. The molecule has 1 aliphatic heterocycles. The molecule has 0 fully saturated rings. The summed E-state index contributed by atoms with van der Waals surface area (Å²) in [5.41, 5.74) is 4.21. The van der Waals surface area contributed by atoms with Gasteiger partial charge in [-0.05, 0) is 47.4 Å². The number of hydrogen-bond donors (Lipinski definition) is 1. The highest BCUT2D eigenvalue weighted by Gasteiger charge is 2.35. The normalized spacial score (nSPS) is 15.4. The monoisotopic (exact) mass is 416 g/mol. The molecule has 0 bridgehead atoms. The third-order valence-electron chi connectivity index (χ3n) is 5.22. The van der Waals surface area contributed by atoms with Crippen LogP contribution in [0.4, 0.5) is 15.8 Å². The van der Waals surface area contributed by atoms with Gasteiger partial charge in [-0.25, -0.2) is 4.39 Å². The van der Waals surface area contributed by atoms with E-state index in [-0.39, 0.29) is 11.9 Å². The Hall–Kier alpha value is -3.80. The maximum Gasteiger partial charge on any atom is 0.305 e. The Morgan fingerprint density at radius 1 is 1.06 bits per heavy atom. The fourth-order valence-corrected chi connectivity index (χ4v) is 3.63. The second-order valence-electron chi connectivity index (χ2n) is 7.26. The van der Waals surface area contributed by atoms with E-state index in [0.717, 1.165) is 16.8 Å². The Balaban J connectivity index is 1.72. The number of halogens is 1. The third-order valence-corrected chi connectivity index (χ3v) is 5.22. The van der Waals surface area contributed by atoms with Crippen molar-refractivity contribution in [1.29, 1.82) is 0 Å². The minimum atomic E-state index is -0.656. The van der Waals surface area contributed by atoms with Crippen LogP contribution in [0.2, 0.25) is 0 Å². The van der Waals surface area contributed by atoms with Crippen LogP contribution in [-0.2, 0) is 20.7 Å². The molecule has 0 spiro atoms. The van der Waals surface area contributed by atoms with E-state index in [1.165, 1.54) is 19.2 Å². The number of benzene rings is 3. The summed E-state index contributed by atoms with van der Waals surface area (Å²) in [7, 11) is 1.37. The summed E-state index contributed by atoms with van der Waals surface area (Å²) >= 11 is 0. The molecule has 1 aliphatic rings. The fraction of sp³-hybridized carbons (Fsp3) is 0.160. The average Bonchev–Trinajstić information content (AvgIpc) is 3.11. The van der Waals surface area contributed by atoms with Crippen LogP contribution in [0.15, 0.2) is 77.8 Å². The third kappa shape index (κ3) is 4.53. The molecule has 0 saturated heterocycles. The molecule has 1 N–H and O–H groups in total. The highest BCUT2D eigenvalue weighted by molar-refractivity contribution is 6.24. The van der Waals surface area contributed by atoms with Gasteiger partial charge in [0.15, 0.2) is 0 Å². The van der Waals surface area contributed by atoms with E-state index in [2.05, 4.69) is 5.32 Å². The Labute approximate surface area is 179 Å². The zero-order chi connectivity index (χ0) is 21.8. The smallest absolute Gasteiger partial charge is 0.305 e. The van der Waals surface area contributed by atoms with Crippen molar-refractivity contribution in [3.8, 4) is 0 Å². The van der Waals surface area contributed by atoms with Crippen molar-refractivity contribution in [2.75, 3.05) is 12.4 Å². The van der Waals surface area contributed by atoms with Crippen molar-refractivity contribution in [3.63, 3.8) is 0 Å². The zero-order valence-electron chi connectivity index (χ0n) is 17.0. The Morgan fingerprint density at radius 2 is 1.81 bits per heavy atom. The van der Waals surface area contributed by atoms with Crippen LogP contribution >= 0.6 is 0 Å². The molecule has 31 heavy (non-hydrogen) atoms. The van der Waals surface area contributed by atoms with Crippen LogP contribution in [-0.4, -0.2) is 24.7 Å². The van der Waals surface area contributed by atoms with E-state index in [1.54, 1.807) is 6.07 Å². The summed E-state index contributed by atoms with van der Waals surface area (Å²) in [4.78, 5) is 29.0. The molecule has 4 rings (SSSR count). The summed E-state index contributed by atoms with van der Waals surface area (Å²) in [5.74, 6) is -1.57. The van der Waals surface area contributed by atoms with E-state index in [1.807, 2.05) is 54.6 Å². The van der Waals surface area contributed by atoms with Gasteiger partial charge < -0.3 is 10.1 Å². The van der Waals surface area contributed by atoms with Gasteiger partial charge in [-0.2, -0.15) is 0 Å². The SMILES string of the molecule is COC(=O)CCc1ccc(C(=Nc2ccccc2)C2C(=O)Nc3cc(F)ccc32)cc1. The lowest BCUT2D eigenvalue weighted by atomic mass is 9.90. The number of nitrogens with zero attached hydrogens (tertiary/aromatic N) is 1. The quantitative estimate of drug-likeness (QED) is 0.464. The van der Waals surface area contributed by atoms with Crippen molar-refractivity contribution >= 4 is 29.0 Å². The minimum absolute atomic E-state index is 0.245. The average molecular weight is 416 g/mol. The van der Waals surface area contributed by atoms with Gasteiger partial charge in [0.1, 0.15) is 11.7 Å². The van der Waals surface area contributed by atoms with Crippen molar-refractivity contribution in [2.45, 2.75) is 18.8 Å². The number of amides is 1. The van der Waals surface area contributed by atoms with Crippen molar-refractivity contribution in [1.82, 2.24) is 0 Å². The maximum absolute atomic E-state index is 13.7. The molecule has 0 aliphatic carbocycles. The number of carbonyl (C=O) groups is 2. The van der Waals surface area contributed by atoms with E-state index in [4.69, 9.17) is 9.73 Å². The van der Waals surface area contributed by atoms with Crippen LogP contribution in [0.1, 0.15) is 29.0 Å². The van der Waals surface area contributed by atoms with Crippen LogP contribution < -0.4 is 5.32 Å². The lowest BCUT2D eigenvalue weighted by Crippen LogP contribution is -2.22. The molecule has 6 heteroatoms. The summed E-state index contributed by atoms with van der Waals surface area (Å²) in [6, 6.07) is 21.3. The number of para-hydroxylation sites is 1.